The Balaban J connectivity index is 2.19. The molecule has 2 heterocycles. The number of piperazine rings is 1. The fourth-order valence-corrected chi connectivity index (χ4v) is 4.81. The van der Waals surface area contributed by atoms with Gasteiger partial charge in [-0.2, -0.15) is 4.31 Å². The van der Waals surface area contributed by atoms with E-state index >= 15 is 0 Å². The Labute approximate surface area is 125 Å². The van der Waals surface area contributed by atoms with Crippen LogP contribution in [0.25, 0.3) is 10.8 Å². The first-order valence-corrected chi connectivity index (χ1v) is 8.51. The summed E-state index contributed by atoms with van der Waals surface area (Å²) in [5.74, 6) is 0. The summed E-state index contributed by atoms with van der Waals surface area (Å²) in [6.07, 6.45) is 3.42. The van der Waals surface area contributed by atoms with Crippen LogP contribution in [0, 0.1) is 6.92 Å². The lowest BCUT2D eigenvalue weighted by atomic mass is 10.1. The third-order valence-corrected chi connectivity index (χ3v) is 6.02. The van der Waals surface area contributed by atoms with Crippen LogP contribution in [0.5, 0.6) is 0 Å². The zero-order valence-electron chi connectivity index (χ0n) is 12.2. The van der Waals surface area contributed by atoms with Crippen molar-refractivity contribution in [1.29, 1.82) is 0 Å². The molecule has 1 aliphatic rings. The Bertz CT molecular complexity index is 768. The maximum Gasteiger partial charge on any atom is 0.244 e. The molecule has 0 amide bonds. The molecular weight excluding hydrogens is 286 g/mol. The number of hydrogen-bond acceptors (Lipinski definition) is 4. The van der Waals surface area contributed by atoms with Crippen LogP contribution in [0.15, 0.2) is 35.5 Å². The van der Waals surface area contributed by atoms with Gasteiger partial charge in [-0.1, -0.05) is 12.1 Å². The highest BCUT2D eigenvalue weighted by Gasteiger charge is 2.32. The first-order chi connectivity index (χ1) is 10.0. The maximum atomic E-state index is 13.0. The van der Waals surface area contributed by atoms with Crippen LogP contribution >= 0.6 is 0 Å². The summed E-state index contributed by atoms with van der Waals surface area (Å²) in [5.41, 5.74) is 0.884. The van der Waals surface area contributed by atoms with Gasteiger partial charge in [0.1, 0.15) is 0 Å². The van der Waals surface area contributed by atoms with Crippen LogP contribution in [-0.4, -0.2) is 43.4 Å². The van der Waals surface area contributed by atoms with Crippen molar-refractivity contribution >= 4 is 20.8 Å². The molecule has 0 radical (unpaired) electrons. The second-order valence-corrected chi connectivity index (χ2v) is 7.34. The number of pyridine rings is 1. The van der Waals surface area contributed by atoms with Gasteiger partial charge in [0.05, 0.1) is 4.90 Å². The van der Waals surface area contributed by atoms with Crippen LogP contribution in [0.4, 0.5) is 0 Å². The van der Waals surface area contributed by atoms with Crippen molar-refractivity contribution in [3.63, 3.8) is 0 Å². The Kier molecular flexibility index (Phi) is 3.69. The van der Waals surface area contributed by atoms with Gasteiger partial charge < -0.3 is 5.32 Å². The summed E-state index contributed by atoms with van der Waals surface area (Å²) < 4.78 is 27.7. The second-order valence-electron chi connectivity index (χ2n) is 5.48. The van der Waals surface area contributed by atoms with Gasteiger partial charge in [0.2, 0.25) is 10.0 Å². The number of nitrogens with one attached hydrogen (secondary N) is 1. The van der Waals surface area contributed by atoms with E-state index in [4.69, 9.17) is 0 Å². The average Bonchev–Trinajstić information content (AvgIpc) is 2.47. The highest BCUT2D eigenvalue weighted by atomic mass is 32.2. The fraction of sp³-hybridized carbons (Fsp3) is 0.400. The van der Waals surface area contributed by atoms with Gasteiger partial charge >= 0.3 is 0 Å². The molecule has 21 heavy (non-hydrogen) atoms. The van der Waals surface area contributed by atoms with E-state index in [2.05, 4.69) is 10.3 Å². The lowest BCUT2D eigenvalue weighted by Crippen LogP contribution is -2.52. The second kappa shape index (κ2) is 5.36. The number of aromatic nitrogens is 1. The quantitative estimate of drug-likeness (QED) is 0.914. The predicted molar refractivity (Wildman–Crippen MR) is 82.7 cm³/mol. The SMILES string of the molecule is Cc1cncc2cccc(S(=O)(=O)N3CCNCC3C)c12. The third kappa shape index (κ3) is 2.43. The number of rotatable bonds is 2. The molecule has 0 spiro atoms. The largest absolute Gasteiger partial charge is 0.314 e. The Morgan fingerprint density at radius 3 is 2.90 bits per heavy atom. The topological polar surface area (TPSA) is 62.3 Å². The molecule has 6 heteroatoms. The van der Waals surface area contributed by atoms with Crippen LogP contribution in [-0.2, 0) is 10.0 Å². The molecule has 1 aliphatic heterocycles. The molecule has 3 rings (SSSR count). The summed E-state index contributed by atoms with van der Waals surface area (Å²) in [5, 5.41) is 4.86. The molecular formula is C15H19N3O2S. The molecule has 2 aromatic rings. The first kappa shape index (κ1) is 14.4. The van der Waals surface area contributed by atoms with Crippen molar-refractivity contribution < 1.29 is 8.42 Å². The molecule has 1 atom stereocenters. The molecule has 1 unspecified atom stereocenters. The van der Waals surface area contributed by atoms with Gasteiger partial charge in [-0.25, -0.2) is 8.42 Å². The number of fused-ring (bicyclic) bond motifs is 1. The molecule has 1 aromatic heterocycles. The number of benzene rings is 1. The van der Waals surface area contributed by atoms with E-state index in [1.54, 1.807) is 28.8 Å². The zero-order valence-corrected chi connectivity index (χ0v) is 13.0. The minimum absolute atomic E-state index is 0.0406. The van der Waals surface area contributed by atoms with Gasteiger partial charge in [-0.15, -0.1) is 0 Å². The minimum atomic E-state index is -3.49. The smallest absolute Gasteiger partial charge is 0.244 e. The van der Waals surface area contributed by atoms with E-state index in [0.717, 1.165) is 16.3 Å². The van der Waals surface area contributed by atoms with Crippen molar-refractivity contribution in [2.24, 2.45) is 0 Å². The summed E-state index contributed by atoms with van der Waals surface area (Å²) in [7, 11) is -3.49. The van der Waals surface area contributed by atoms with Gasteiger partial charge in [0.15, 0.2) is 0 Å². The highest BCUT2D eigenvalue weighted by molar-refractivity contribution is 7.89. The lowest BCUT2D eigenvalue weighted by molar-refractivity contribution is 0.284. The molecule has 0 saturated carbocycles. The molecule has 5 nitrogen and oxygen atoms in total. The van der Waals surface area contributed by atoms with Crippen LogP contribution in [0.1, 0.15) is 12.5 Å². The van der Waals surface area contributed by atoms with Gasteiger partial charge in [-0.3, -0.25) is 4.98 Å². The Hall–Kier alpha value is -1.50. The fourth-order valence-electron chi connectivity index (χ4n) is 2.89. The Morgan fingerprint density at radius 2 is 2.14 bits per heavy atom. The van der Waals surface area contributed by atoms with Crippen molar-refractivity contribution in [2.45, 2.75) is 24.8 Å². The molecule has 1 N–H and O–H groups in total. The maximum absolute atomic E-state index is 13.0. The molecule has 1 aromatic carbocycles. The number of nitrogens with zero attached hydrogens (tertiary/aromatic N) is 2. The average molecular weight is 305 g/mol. The molecule has 0 bridgehead atoms. The van der Waals surface area contributed by atoms with E-state index < -0.39 is 10.0 Å². The van der Waals surface area contributed by atoms with Crippen molar-refractivity contribution in [3.8, 4) is 0 Å². The molecule has 112 valence electrons. The number of sulfonamides is 1. The first-order valence-electron chi connectivity index (χ1n) is 7.07. The predicted octanol–water partition coefficient (Wildman–Crippen LogP) is 1.53. The molecule has 1 saturated heterocycles. The molecule has 1 fully saturated rings. The van der Waals surface area contributed by atoms with Crippen LogP contribution in [0.3, 0.4) is 0 Å². The van der Waals surface area contributed by atoms with Gasteiger partial charge in [0, 0.05) is 48.8 Å². The third-order valence-electron chi connectivity index (χ3n) is 3.96. The van der Waals surface area contributed by atoms with Crippen molar-refractivity contribution in [1.82, 2.24) is 14.6 Å². The van der Waals surface area contributed by atoms with E-state index in [9.17, 15) is 8.42 Å². The molecule has 0 aliphatic carbocycles. The van der Waals surface area contributed by atoms with Crippen molar-refractivity contribution in [2.75, 3.05) is 19.6 Å². The summed E-state index contributed by atoms with van der Waals surface area (Å²) in [6, 6.07) is 5.33. The summed E-state index contributed by atoms with van der Waals surface area (Å²) in [4.78, 5) is 4.53. The minimum Gasteiger partial charge on any atom is -0.314 e. The van der Waals surface area contributed by atoms with Crippen molar-refractivity contribution in [3.05, 3.63) is 36.2 Å². The lowest BCUT2D eigenvalue weighted by Gasteiger charge is -2.33. The van der Waals surface area contributed by atoms with E-state index in [1.165, 1.54) is 0 Å². The van der Waals surface area contributed by atoms with E-state index in [-0.39, 0.29) is 6.04 Å². The number of aryl methyl sites for hydroxylation is 1. The summed E-state index contributed by atoms with van der Waals surface area (Å²) >= 11 is 0. The van der Waals surface area contributed by atoms with Crippen LogP contribution in [0.2, 0.25) is 0 Å². The number of hydrogen-bond donors (Lipinski definition) is 1. The van der Waals surface area contributed by atoms with Crippen LogP contribution < -0.4 is 5.32 Å². The van der Waals surface area contributed by atoms with Gasteiger partial charge in [0.25, 0.3) is 0 Å². The summed E-state index contributed by atoms with van der Waals surface area (Å²) in [6.45, 7) is 5.71. The van der Waals surface area contributed by atoms with E-state index in [0.29, 0.717) is 24.5 Å². The van der Waals surface area contributed by atoms with Gasteiger partial charge in [-0.05, 0) is 25.5 Å². The Morgan fingerprint density at radius 1 is 1.33 bits per heavy atom. The standard InChI is InChI=1S/C15H19N3O2S/c1-11-8-17-10-13-4-3-5-14(15(11)13)21(19,20)18-7-6-16-9-12(18)2/h3-5,8,10,12,16H,6-7,9H2,1-2H3. The highest BCUT2D eigenvalue weighted by Crippen LogP contribution is 2.28. The normalized spacial score (nSPS) is 20.8. The monoisotopic (exact) mass is 305 g/mol. The zero-order chi connectivity index (χ0) is 15.0. The van der Waals surface area contributed by atoms with E-state index in [1.807, 2.05) is 19.9 Å².